The summed E-state index contributed by atoms with van der Waals surface area (Å²) in [6, 6.07) is 7.26. The number of methoxy groups -OCH3 is 1. The summed E-state index contributed by atoms with van der Waals surface area (Å²) in [5, 5.41) is 0.365. The van der Waals surface area contributed by atoms with Gasteiger partial charge in [-0.05, 0) is 30.8 Å². The summed E-state index contributed by atoms with van der Waals surface area (Å²) in [6.45, 7) is 1.77. The minimum Gasteiger partial charge on any atom is -0.497 e. The van der Waals surface area contributed by atoms with E-state index in [0.717, 1.165) is 5.69 Å². The fourth-order valence-corrected chi connectivity index (χ4v) is 2.43. The number of ether oxygens (including phenoxy) is 2. The van der Waals surface area contributed by atoms with Gasteiger partial charge in [0.2, 0.25) is 5.50 Å². The largest absolute Gasteiger partial charge is 0.497 e. The second kappa shape index (κ2) is 7.12. The van der Waals surface area contributed by atoms with E-state index < -0.39 is 11.5 Å². The molecule has 0 saturated heterocycles. The van der Waals surface area contributed by atoms with Gasteiger partial charge in [0.1, 0.15) is 5.75 Å². The van der Waals surface area contributed by atoms with Gasteiger partial charge in [-0.1, -0.05) is 6.07 Å². The number of benzene rings is 1. The third-order valence-corrected chi connectivity index (χ3v) is 3.53. The number of carbonyl (C=O) groups excluding carboxylic acids is 1. The first-order valence-electron chi connectivity index (χ1n) is 6.31. The second-order valence-electron chi connectivity index (χ2n) is 3.97. The van der Waals surface area contributed by atoms with Crippen LogP contribution in [-0.4, -0.2) is 34.7 Å². The monoisotopic (exact) mass is 310 g/mol. The fraction of sp³-hybridized carbons (Fsp3) is 0.286. The van der Waals surface area contributed by atoms with Crippen molar-refractivity contribution in [3.05, 3.63) is 36.7 Å². The van der Waals surface area contributed by atoms with E-state index in [1.807, 2.05) is 18.2 Å². The normalized spacial score (nSPS) is 12.0. The molecule has 0 unspecified atom stereocenters. The Labute approximate surface area is 126 Å². The maximum absolute atomic E-state index is 13.8. The summed E-state index contributed by atoms with van der Waals surface area (Å²) in [6.07, 6.45) is 3.23. The Hall–Kier alpha value is -2.02. The number of hydrogen-bond acceptors (Lipinski definition) is 5. The first kappa shape index (κ1) is 15.4. The van der Waals surface area contributed by atoms with Gasteiger partial charge in [-0.15, -0.1) is 0 Å². The van der Waals surface area contributed by atoms with Crippen molar-refractivity contribution >= 4 is 17.7 Å². The second-order valence-corrected chi connectivity index (χ2v) is 4.98. The number of aromatic nitrogens is 2. The molecule has 0 aliphatic carbocycles. The van der Waals surface area contributed by atoms with E-state index >= 15 is 0 Å². The number of alkyl halides is 1. The molecule has 0 spiro atoms. The average molecular weight is 310 g/mol. The Kier molecular flexibility index (Phi) is 5.21. The maximum Gasteiger partial charge on any atom is 0.351 e. The summed E-state index contributed by atoms with van der Waals surface area (Å²) in [4.78, 5) is 15.4. The van der Waals surface area contributed by atoms with Crippen LogP contribution in [0.15, 0.2) is 41.8 Å². The van der Waals surface area contributed by atoms with E-state index in [4.69, 9.17) is 4.74 Å². The first-order valence-corrected chi connectivity index (χ1v) is 7.18. The fourth-order valence-electron chi connectivity index (χ4n) is 1.68. The Balaban J connectivity index is 2.20. The maximum atomic E-state index is 13.8. The molecule has 0 radical (unpaired) electrons. The van der Waals surface area contributed by atoms with Crippen LogP contribution in [0.3, 0.4) is 0 Å². The smallest absolute Gasteiger partial charge is 0.351 e. The van der Waals surface area contributed by atoms with E-state index in [1.165, 1.54) is 0 Å². The van der Waals surface area contributed by atoms with Crippen LogP contribution in [-0.2, 0) is 9.53 Å². The van der Waals surface area contributed by atoms with Crippen LogP contribution < -0.4 is 4.74 Å². The summed E-state index contributed by atoms with van der Waals surface area (Å²) in [7, 11) is 1.57. The Morgan fingerprint density at radius 1 is 1.52 bits per heavy atom. The summed E-state index contributed by atoms with van der Waals surface area (Å²) in [5.41, 5.74) is -1.04. The zero-order valence-electron chi connectivity index (χ0n) is 11.7. The van der Waals surface area contributed by atoms with Gasteiger partial charge >= 0.3 is 5.97 Å². The molecule has 0 fully saturated rings. The van der Waals surface area contributed by atoms with Crippen LogP contribution in [0.25, 0.3) is 5.69 Å². The van der Waals surface area contributed by atoms with Crippen LogP contribution in [0, 0.1) is 0 Å². The molecular weight excluding hydrogens is 295 g/mol. The van der Waals surface area contributed by atoms with Crippen molar-refractivity contribution < 1.29 is 18.7 Å². The van der Waals surface area contributed by atoms with Gasteiger partial charge in [-0.25, -0.2) is 14.2 Å². The van der Waals surface area contributed by atoms with Crippen LogP contribution in [0.1, 0.15) is 6.92 Å². The predicted octanol–water partition coefficient (Wildman–Crippen LogP) is 2.83. The lowest BCUT2D eigenvalue weighted by molar-refractivity contribution is -0.145. The Morgan fingerprint density at radius 2 is 2.33 bits per heavy atom. The minimum atomic E-state index is -1.81. The van der Waals surface area contributed by atoms with E-state index in [9.17, 15) is 9.18 Å². The molecule has 1 atom stereocenters. The minimum absolute atomic E-state index is 0.143. The highest BCUT2D eigenvalue weighted by atomic mass is 32.2. The number of nitrogens with zero attached hydrogens (tertiary/aromatic N) is 2. The van der Waals surface area contributed by atoms with Gasteiger partial charge in [-0.3, -0.25) is 4.57 Å². The molecule has 21 heavy (non-hydrogen) atoms. The van der Waals surface area contributed by atoms with Crippen molar-refractivity contribution in [2.24, 2.45) is 0 Å². The highest BCUT2D eigenvalue weighted by Gasteiger charge is 2.22. The third kappa shape index (κ3) is 3.75. The molecule has 1 heterocycles. The van der Waals surface area contributed by atoms with Crippen molar-refractivity contribution in [2.45, 2.75) is 17.6 Å². The predicted molar refractivity (Wildman–Crippen MR) is 77.5 cm³/mol. The average Bonchev–Trinajstić information content (AvgIpc) is 2.95. The van der Waals surface area contributed by atoms with Crippen molar-refractivity contribution in [2.75, 3.05) is 13.7 Å². The molecule has 1 aromatic heterocycles. The molecule has 112 valence electrons. The standard InChI is InChI=1S/C14H15FN2O3S/c1-3-20-13(18)12(15)21-14-16-7-8-17(14)10-5-4-6-11(9-10)19-2/h4-9,12H,3H2,1-2H3/t12-/m0/s1. The van der Waals surface area contributed by atoms with Crippen molar-refractivity contribution in [1.29, 1.82) is 0 Å². The molecule has 2 aromatic rings. The molecule has 0 amide bonds. The Bertz CT molecular complexity index is 618. The lowest BCUT2D eigenvalue weighted by Gasteiger charge is -2.10. The number of hydrogen-bond donors (Lipinski definition) is 0. The quantitative estimate of drug-likeness (QED) is 0.606. The first-order chi connectivity index (χ1) is 10.2. The van der Waals surface area contributed by atoms with E-state index in [-0.39, 0.29) is 6.61 Å². The van der Waals surface area contributed by atoms with Gasteiger partial charge in [0.25, 0.3) is 0 Å². The molecule has 5 nitrogen and oxygen atoms in total. The molecule has 1 aromatic carbocycles. The molecule has 0 aliphatic rings. The number of carbonyl (C=O) groups is 1. The number of imidazole rings is 1. The molecule has 0 saturated carbocycles. The molecular formula is C14H15FN2O3S. The van der Waals surface area contributed by atoms with E-state index in [2.05, 4.69) is 9.72 Å². The topological polar surface area (TPSA) is 53.3 Å². The summed E-state index contributed by atoms with van der Waals surface area (Å²) < 4.78 is 25.3. The van der Waals surface area contributed by atoms with Gasteiger partial charge in [0, 0.05) is 18.5 Å². The zero-order valence-corrected chi connectivity index (χ0v) is 12.5. The molecule has 0 N–H and O–H groups in total. The highest BCUT2D eigenvalue weighted by molar-refractivity contribution is 8.00. The van der Waals surface area contributed by atoms with Gasteiger partial charge in [0.15, 0.2) is 5.16 Å². The van der Waals surface area contributed by atoms with Gasteiger partial charge < -0.3 is 9.47 Å². The van der Waals surface area contributed by atoms with Crippen molar-refractivity contribution in [3.8, 4) is 11.4 Å². The highest BCUT2D eigenvalue weighted by Crippen LogP contribution is 2.27. The van der Waals surface area contributed by atoms with E-state index in [1.54, 1.807) is 37.1 Å². The molecule has 0 aliphatic heterocycles. The van der Waals surface area contributed by atoms with Gasteiger partial charge in [0.05, 0.1) is 19.4 Å². The van der Waals surface area contributed by atoms with Crippen LogP contribution >= 0.6 is 11.8 Å². The molecule has 0 bridgehead atoms. The Morgan fingerprint density at radius 3 is 3.05 bits per heavy atom. The molecule has 7 heteroatoms. The van der Waals surface area contributed by atoms with Crippen LogP contribution in [0.5, 0.6) is 5.75 Å². The van der Waals surface area contributed by atoms with Crippen molar-refractivity contribution in [1.82, 2.24) is 9.55 Å². The lowest BCUT2D eigenvalue weighted by Crippen LogP contribution is -2.16. The summed E-state index contributed by atoms with van der Waals surface area (Å²) in [5.74, 6) is -0.220. The SMILES string of the molecule is CCOC(=O)[C@@H](F)Sc1nccn1-c1cccc(OC)c1. The van der Waals surface area contributed by atoms with Crippen molar-refractivity contribution in [3.63, 3.8) is 0 Å². The number of esters is 1. The number of thioether (sulfide) groups is 1. The lowest BCUT2D eigenvalue weighted by atomic mass is 10.3. The number of halogens is 1. The zero-order chi connectivity index (χ0) is 15.2. The third-order valence-electron chi connectivity index (χ3n) is 2.62. The van der Waals surface area contributed by atoms with E-state index in [0.29, 0.717) is 22.7 Å². The van der Waals surface area contributed by atoms with Crippen LogP contribution in [0.2, 0.25) is 0 Å². The van der Waals surface area contributed by atoms with Crippen LogP contribution in [0.4, 0.5) is 4.39 Å². The summed E-state index contributed by atoms with van der Waals surface area (Å²) >= 11 is 0.703. The van der Waals surface area contributed by atoms with Gasteiger partial charge in [-0.2, -0.15) is 0 Å². The number of rotatable bonds is 6. The molecule has 2 rings (SSSR count).